The average Bonchev–Trinajstić information content (AvgIpc) is 2.84. The third kappa shape index (κ3) is 3.51. The number of rotatable bonds is 5. The van der Waals surface area contributed by atoms with E-state index < -0.39 is 5.54 Å². The largest absolute Gasteiger partial charge is 0.468 e. The number of carbonyl (C=O) groups is 1. The van der Waals surface area contributed by atoms with Gasteiger partial charge in [0.15, 0.2) is 4.34 Å². The van der Waals surface area contributed by atoms with Crippen LogP contribution in [0.1, 0.15) is 37.6 Å². The number of ether oxygens (including phenoxy) is 1. The van der Waals surface area contributed by atoms with E-state index in [-0.39, 0.29) is 5.97 Å². The Balaban J connectivity index is 2.07. The lowest BCUT2D eigenvalue weighted by Crippen LogP contribution is -2.55. The Kier molecular flexibility index (Phi) is 5.40. The summed E-state index contributed by atoms with van der Waals surface area (Å²) in [7, 11) is 1.46. The molecule has 0 bridgehead atoms. The van der Waals surface area contributed by atoms with Gasteiger partial charge in [0.1, 0.15) is 10.5 Å². The summed E-state index contributed by atoms with van der Waals surface area (Å²) in [4.78, 5) is 12.2. The van der Waals surface area contributed by atoms with Gasteiger partial charge >= 0.3 is 5.97 Å². The summed E-state index contributed by atoms with van der Waals surface area (Å²) in [5.41, 5.74) is -0.529. The minimum absolute atomic E-state index is 0.141. The number of thioether (sulfide) groups is 1. The van der Waals surface area contributed by atoms with Gasteiger partial charge in [0.2, 0.25) is 0 Å². The molecule has 2 atom stereocenters. The molecule has 1 saturated carbocycles. The van der Waals surface area contributed by atoms with E-state index in [1.807, 2.05) is 13.8 Å². The van der Waals surface area contributed by atoms with E-state index in [1.54, 1.807) is 23.1 Å². The summed E-state index contributed by atoms with van der Waals surface area (Å²) in [6, 6.07) is 0. The van der Waals surface area contributed by atoms with Crippen molar-refractivity contribution < 1.29 is 9.53 Å². The summed E-state index contributed by atoms with van der Waals surface area (Å²) < 4.78 is 6.00. The molecule has 1 aliphatic rings. The predicted octanol–water partition coefficient (Wildman–Crippen LogP) is 2.40. The average molecular weight is 315 g/mol. The van der Waals surface area contributed by atoms with Crippen molar-refractivity contribution in [1.82, 2.24) is 15.5 Å². The number of hydrogen-bond donors (Lipinski definition) is 1. The zero-order valence-corrected chi connectivity index (χ0v) is 13.8. The standard InChI is InChI=1S/C13H21N3O2S2/c1-4-14-13(11(17)18-3)7-5-6-10(8-13)20-12-16-15-9(2)19-12/h10,14H,4-8H2,1-3H3. The zero-order valence-electron chi connectivity index (χ0n) is 12.1. The maximum atomic E-state index is 12.2. The summed E-state index contributed by atoms with van der Waals surface area (Å²) in [5, 5.41) is 12.9. The van der Waals surface area contributed by atoms with Gasteiger partial charge in [0.05, 0.1) is 7.11 Å². The van der Waals surface area contributed by atoms with Gasteiger partial charge in [-0.25, -0.2) is 0 Å². The number of carbonyl (C=O) groups excluding carboxylic acids is 1. The SMILES string of the molecule is CCNC1(C(=O)OC)CCCC(Sc2nnc(C)s2)C1. The minimum atomic E-state index is -0.529. The number of aryl methyl sites for hydroxylation is 1. The smallest absolute Gasteiger partial charge is 0.326 e. The van der Waals surface area contributed by atoms with Crippen LogP contribution in [-0.2, 0) is 9.53 Å². The quantitative estimate of drug-likeness (QED) is 0.842. The van der Waals surface area contributed by atoms with Crippen LogP contribution in [0.5, 0.6) is 0 Å². The molecule has 20 heavy (non-hydrogen) atoms. The number of aromatic nitrogens is 2. The van der Waals surface area contributed by atoms with E-state index in [0.717, 1.165) is 41.6 Å². The van der Waals surface area contributed by atoms with E-state index in [0.29, 0.717) is 5.25 Å². The maximum Gasteiger partial charge on any atom is 0.326 e. The second-order valence-electron chi connectivity index (χ2n) is 5.03. The normalized spacial score (nSPS) is 26.4. The molecule has 0 radical (unpaired) electrons. The molecule has 0 aromatic carbocycles. The summed E-state index contributed by atoms with van der Waals surface area (Å²) in [6.45, 7) is 4.75. The number of nitrogens with zero attached hydrogens (tertiary/aromatic N) is 2. The first-order valence-electron chi connectivity index (χ1n) is 6.90. The Labute approximate surface area is 127 Å². The van der Waals surface area contributed by atoms with Crippen LogP contribution < -0.4 is 5.32 Å². The molecule has 112 valence electrons. The van der Waals surface area contributed by atoms with Crippen LogP contribution >= 0.6 is 23.1 Å². The molecule has 0 spiro atoms. The van der Waals surface area contributed by atoms with Crippen molar-refractivity contribution >= 4 is 29.1 Å². The van der Waals surface area contributed by atoms with E-state index in [4.69, 9.17) is 4.74 Å². The first-order valence-corrected chi connectivity index (χ1v) is 8.59. The van der Waals surface area contributed by atoms with Crippen molar-refractivity contribution in [1.29, 1.82) is 0 Å². The summed E-state index contributed by atoms with van der Waals surface area (Å²) in [6.07, 6.45) is 3.77. The zero-order chi connectivity index (χ0) is 14.6. The number of likely N-dealkylation sites (N-methyl/N-ethyl adjacent to an activating group) is 1. The van der Waals surface area contributed by atoms with Crippen LogP contribution in [0.3, 0.4) is 0 Å². The first-order chi connectivity index (χ1) is 9.59. The molecule has 1 aromatic rings. The van der Waals surface area contributed by atoms with Crippen LogP contribution in [0.4, 0.5) is 0 Å². The molecular weight excluding hydrogens is 294 g/mol. The molecule has 1 aliphatic carbocycles. The van der Waals surface area contributed by atoms with Gasteiger partial charge in [-0.05, 0) is 39.2 Å². The van der Waals surface area contributed by atoms with E-state index in [2.05, 4.69) is 15.5 Å². The molecule has 5 nitrogen and oxygen atoms in total. The van der Waals surface area contributed by atoms with Gasteiger partial charge in [0, 0.05) is 5.25 Å². The topological polar surface area (TPSA) is 64.1 Å². The number of methoxy groups -OCH3 is 1. The Morgan fingerprint density at radius 1 is 1.60 bits per heavy atom. The monoisotopic (exact) mass is 315 g/mol. The van der Waals surface area contributed by atoms with Crippen LogP contribution in [0.2, 0.25) is 0 Å². The molecule has 0 amide bonds. The van der Waals surface area contributed by atoms with Crippen LogP contribution in [0.15, 0.2) is 4.34 Å². The molecule has 1 heterocycles. The second kappa shape index (κ2) is 6.87. The highest BCUT2D eigenvalue weighted by Crippen LogP contribution is 2.39. The third-order valence-corrected chi connectivity index (χ3v) is 5.76. The summed E-state index contributed by atoms with van der Waals surface area (Å²) >= 11 is 3.35. The molecule has 2 rings (SSSR count). The number of hydrogen-bond acceptors (Lipinski definition) is 7. The minimum Gasteiger partial charge on any atom is -0.468 e. The van der Waals surface area contributed by atoms with E-state index in [9.17, 15) is 4.79 Å². The molecule has 7 heteroatoms. The molecule has 1 aromatic heterocycles. The number of nitrogens with one attached hydrogen (secondary N) is 1. The van der Waals surface area contributed by atoms with Gasteiger partial charge < -0.3 is 10.1 Å². The van der Waals surface area contributed by atoms with Crippen LogP contribution in [0, 0.1) is 6.92 Å². The van der Waals surface area contributed by atoms with Gasteiger partial charge in [-0.1, -0.05) is 30.0 Å². The van der Waals surface area contributed by atoms with Crippen LogP contribution in [-0.4, -0.2) is 40.6 Å². The van der Waals surface area contributed by atoms with Gasteiger partial charge in [-0.2, -0.15) is 0 Å². The highest BCUT2D eigenvalue weighted by Gasteiger charge is 2.43. The molecule has 0 aliphatic heterocycles. The molecule has 1 fully saturated rings. The van der Waals surface area contributed by atoms with Crippen molar-refractivity contribution in [2.24, 2.45) is 0 Å². The molecule has 1 N–H and O–H groups in total. The van der Waals surface area contributed by atoms with Crippen molar-refractivity contribution in [2.75, 3.05) is 13.7 Å². The number of esters is 1. The second-order valence-corrected chi connectivity index (χ2v) is 7.76. The van der Waals surface area contributed by atoms with Gasteiger partial charge in [-0.3, -0.25) is 4.79 Å². The fraction of sp³-hybridized carbons (Fsp3) is 0.769. The van der Waals surface area contributed by atoms with Crippen molar-refractivity contribution in [3.63, 3.8) is 0 Å². The lowest BCUT2D eigenvalue weighted by Gasteiger charge is -2.38. The highest BCUT2D eigenvalue weighted by atomic mass is 32.2. The maximum absolute atomic E-state index is 12.2. The van der Waals surface area contributed by atoms with Crippen molar-refractivity contribution in [2.45, 2.75) is 54.7 Å². The van der Waals surface area contributed by atoms with E-state index >= 15 is 0 Å². The Hall–Kier alpha value is -0.660. The molecule has 0 saturated heterocycles. The predicted molar refractivity (Wildman–Crippen MR) is 81.2 cm³/mol. The highest BCUT2D eigenvalue weighted by molar-refractivity contribution is 8.01. The summed E-state index contributed by atoms with van der Waals surface area (Å²) in [5.74, 6) is -0.141. The first kappa shape index (κ1) is 15.7. The lowest BCUT2D eigenvalue weighted by molar-refractivity contribution is -0.150. The Morgan fingerprint density at radius 2 is 2.40 bits per heavy atom. The van der Waals surface area contributed by atoms with Crippen LogP contribution in [0.25, 0.3) is 0 Å². The van der Waals surface area contributed by atoms with Crippen molar-refractivity contribution in [3.05, 3.63) is 5.01 Å². The van der Waals surface area contributed by atoms with Gasteiger partial charge in [-0.15, -0.1) is 10.2 Å². The third-order valence-electron chi connectivity index (χ3n) is 3.57. The van der Waals surface area contributed by atoms with E-state index in [1.165, 1.54) is 7.11 Å². The Bertz CT molecular complexity index is 462. The fourth-order valence-electron chi connectivity index (χ4n) is 2.75. The van der Waals surface area contributed by atoms with Gasteiger partial charge in [0.25, 0.3) is 0 Å². The molecular formula is C13H21N3O2S2. The van der Waals surface area contributed by atoms with Crippen molar-refractivity contribution in [3.8, 4) is 0 Å². The fourth-order valence-corrected chi connectivity index (χ4v) is 5.15. The Morgan fingerprint density at radius 3 is 3.00 bits per heavy atom. The molecule has 2 unspecified atom stereocenters. The lowest BCUT2D eigenvalue weighted by atomic mass is 9.81.